The van der Waals surface area contributed by atoms with E-state index in [4.69, 9.17) is 0 Å². The molecule has 3 rings (SSSR count). The van der Waals surface area contributed by atoms with Crippen LogP contribution in [0.1, 0.15) is 18.4 Å². The number of fused-ring (bicyclic) bond motifs is 1. The number of piperidine rings is 1. The lowest BCUT2D eigenvalue weighted by molar-refractivity contribution is -0.124. The normalized spacial score (nSPS) is 20.0. The van der Waals surface area contributed by atoms with Crippen molar-refractivity contribution >= 4 is 16.8 Å². The Labute approximate surface area is 106 Å². The summed E-state index contributed by atoms with van der Waals surface area (Å²) in [5.41, 5.74) is 2.37. The van der Waals surface area contributed by atoms with Crippen LogP contribution in [0.15, 0.2) is 30.5 Å². The fourth-order valence-electron chi connectivity index (χ4n) is 2.50. The van der Waals surface area contributed by atoms with Gasteiger partial charge in [-0.05, 0) is 30.5 Å². The van der Waals surface area contributed by atoms with Crippen LogP contribution in [-0.4, -0.2) is 23.5 Å². The largest absolute Gasteiger partial charge is 0.361 e. The minimum atomic E-state index is -0.0482. The molecular weight excluding hydrogens is 226 g/mol. The van der Waals surface area contributed by atoms with Crippen LogP contribution in [0.4, 0.5) is 0 Å². The Morgan fingerprint density at radius 1 is 1.33 bits per heavy atom. The second kappa shape index (κ2) is 4.82. The first-order valence-electron chi connectivity index (χ1n) is 6.41. The molecule has 18 heavy (non-hydrogen) atoms. The molecule has 4 heteroatoms. The maximum atomic E-state index is 11.6. The van der Waals surface area contributed by atoms with Crippen molar-refractivity contribution in [2.24, 2.45) is 0 Å². The molecule has 0 radical (unpaired) electrons. The maximum Gasteiger partial charge on any atom is 0.237 e. The molecule has 1 fully saturated rings. The Kier molecular flexibility index (Phi) is 3.02. The van der Waals surface area contributed by atoms with Crippen LogP contribution in [0.25, 0.3) is 10.9 Å². The van der Waals surface area contributed by atoms with Gasteiger partial charge in [0.2, 0.25) is 5.91 Å². The molecule has 2 aromatic rings. The van der Waals surface area contributed by atoms with E-state index < -0.39 is 0 Å². The Morgan fingerprint density at radius 2 is 2.28 bits per heavy atom. The molecule has 4 nitrogen and oxygen atoms in total. The number of hydrogen-bond acceptors (Lipinski definition) is 2. The van der Waals surface area contributed by atoms with Gasteiger partial charge < -0.3 is 15.6 Å². The second-order valence-electron chi connectivity index (χ2n) is 4.72. The smallest absolute Gasteiger partial charge is 0.237 e. The Bertz CT molecular complexity index is 561. The number of aromatic amines is 1. The van der Waals surface area contributed by atoms with Crippen LogP contribution in [0.2, 0.25) is 0 Å². The summed E-state index contributed by atoms with van der Waals surface area (Å²) in [5, 5.41) is 7.46. The lowest BCUT2D eigenvalue weighted by Gasteiger charge is -2.23. The van der Waals surface area contributed by atoms with Crippen molar-refractivity contribution in [1.82, 2.24) is 15.6 Å². The molecule has 0 saturated carbocycles. The van der Waals surface area contributed by atoms with Gasteiger partial charge in [-0.2, -0.15) is 0 Å². The van der Waals surface area contributed by atoms with Crippen LogP contribution >= 0.6 is 0 Å². The average Bonchev–Trinajstić information content (AvgIpc) is 2.86. The third-order valence-electron chi connectivity index (χ3n) is 3.51. The summed E-state index contributed by atoms with van der Waals surface area (Å²) in [6.45, 7) is 1.54. The van der Waals surface area contributed by atoms with E-state index in [0.717, 1.165) is 31.4 Å². The summed E-state index contributed by atoms with van der Waals surface area (Å²) in [4.78, 5) is 14.8. The van der Waals surface area contributed by atoms with E-state index in [1.165, 1.54) is 10.9 Å². The molecule has 0 aliphatic carbocycles. The molecule has 0 bridgehead atoms. The fourth-order valence-corrected chi connectivity index (χ4v) is 2.50. The minimum Gasteiger partial charge on any atom is -0.361 e. The third-order valence-corrected chi connectivity index (χ3v) is 3.51. The Morgan fingerprint density at radius 3 is 3.17 bits per heavy atom. The first-order chi connectivity index (χ1) is 8.84. The molecular formula is C14H17N3O. The summed E-state index contributed by atoms with van der Waals surface area (Å²) in [6.07, 6.45) is 3.92. The van der Waals surface area contributed by atoms with Gasteiger partial charge in [-0.3, -0.25) is 4.79 Å². The van der Waals surface area contributed by atoms with Crippen LogP contribution in [0.3, 0.4) is 0 Å². The highest BCUT2D eigenvalue weighted by molar-refractivity contribution is 5.84. The highest BCUT2D eigenvalue weighted by Crippen LogP contribution is 2.17. The van der Waals surface area contributed by atoms with Gasteiger partial charge in [-0.1, -0.05) is 12.1 Å². The third kappa shape index (κ3) is 2.11. The number of nitrogens with one attached hydrogen (secondary N) is 3. The van der Waals surface area contributed by atoms with Crippen LogP contribution in [-0.2, 0) is 11.3 Å². The molecule has 1 amide bonds. The van der Waals surface area contributed by atoms with E-state index in [0.29, 0.717) is 0 Å². The zero-order valence-corrected chi connectivity index (χ0v) is 10.2. The quantitative estimate of drug-likeness (QED) is 0.766. The van der Waals surface area contributed by atoms with E-state index in [9.17, 15) is 4.79 Å². The minimum absolute atomic E-state index is 0.0482. The summed E-state index contributed by atoms with van der Waals surface area (Å²) in [5.74, 6) is 0.127. The van der Waals surface area contributed by atoms with Crippen molar-refractivity contribution in [2.45, 2.75) is 25.4 Å². The zero-order chi connectivity index (χ0) is 12.4. The number of carbonyl (C=O) groups is 1. The van der Waals surface area contributed by atoms with Crippen molar-refractivity contribution in [2.75, 3.05) is 6.54 Å². The van der Waals surface area contributed by atoms with Crippen molar-refractivity contribution in [3.8, 4) is 0 Å². The molecule has 1 aromatic heterocycles. The van der Waals surface area contributed by atoms with E-state index in [1.807, 2.05) is 12.3 Å². The average molecular weight is 243 g/mol. The summed E-state index contributed by atoms with van der Waals surface area (Å²) in [6, 6.07) is 8.23. The number of H-pyrrole nitrogens is 1. The van der Waals surface area contributed by atoms with Crippen molar-refractivity contribution in [3.05, 3.63) is 36.0 Å². The number of hydrogen-bond donors (Lipinski definition) is 3. The molecule has 1 saturated heterocycles. The van der Waals surface area contributed by atoms with Gasteiger partial charge in [0, 0.05) is 30.2 Å². The van der Waals surface area contributed by atoms with Crippen LogP contribution in [0, 0.1) is 0 Å². The molecule has 1 aliphatic rings. The van der Waals surface area contributed by atoms with Crippen molar-refractivity contribution in [1.29, 1.82) is 0 Å². The maximum absolute atomic E-state index is 11.6. The molecule has 2 heterocycles. The monoisotopic (exact) mass is 243 g/mol. The second-order valence-corrected chi connectivity index (χ2v) is 4.72. The van der Waals surface area contributed by atoms with Crippen LogP contribution in [0.5, 0.6) is 0 Å². The van der Waals surface area contributed by atoms with Gasteiger partial charge >= 0.3 is 0 Å². The first-order valence-corrected chi connectivity index (χ1v) is 6.41. The predicted octanol–water partition coefficient (Wildman–Crippen LogP) is 1.54. The highest BCUT2D eigenvalue weighted by atomic mass is 16.2. The molecule has 1 unspecified atom stereocenters. The van der Waals surface area contributed by atoms with Gasteiger partial charge in [-0.15, -0.1) is 0 Å². The molecule has 1 atom stereocenters. The number of aromatic nitrogens is 1. The predicted molar refractivity (Wildman–Crippen MR) is 71.2 cm³/mol. The number of benzene rings is 1. The molecule has 1 aliphatic heterocycles. The lowest BCUT2D eigenvalue weighted by Crippen LogP contribution is -2.47. The first kappa shape index (κ1) is 11.3. The number of carbonyl (C=O) groups excluding carboxylic acids is 1. The standard InChI is InChI=1S/C14H17N3O/c18-14-13(5-2-7-16-14)17-9-10-3-1-4-12-11(10)6-8-15-12/h1,3-4,6,8,13,15,17H,2,5,7,9H2,(H,16,18). The van der Waals surface area contributed by atoms with Gasteiger partial charge in [0.1, 0.15) is 0 Å². The van der Waals surface area contributed by atoms with Crippen molar-refractivity contribution < 1.29 is 4.79 Å². The highest BCUT2D eigenvalue weighted by Gasteiger charge is 2.21. The van der Waals surface area contributed by atoms with Crippen LogP contribution < -0.4 is 10.6 Å². The van der Waals surface area contributed by atoms with E-state index >= 15 is 0 Å². The van der Waals surface area contributed by atoms with E-state index in [1.54, 1.807) is 0 Å². The summed E-state index contributed by atoms with van der Waals surface area (Å²) in [7, 11) is 0. The topological polar surface area (TPSA) is 56.9 Å². The Balaban J connectivity index is 1.72. The van der Waals surface area contributed by atoms with Gasteiger partial charge in [0.25, 0.3) is 0 Å². The zero-order valence-electron chi connectivity index (χ0n) is 10.2. The fraction of sp³-hybridized carbons (Fsp3) is 0.357. The van der Waals surface area contributed by atoms with Crippen molar-refractivity contribution in [3.63, 3.8) is 0 Å². The number of rotatable bonds is 3. The molecule has 0 spiro atoms. The van der Waals surface area contributed by atoms with E-state index in [2.05, 4.69) is 33.8 Å². The van der Waals surface area contributed by atoms with Gasteiger partial charge in [0.15, 0.2) is 0 Å². The van der Waals surface area contributed by atoms with Gasteiger partial charge in [0.05, 0.1) is 6.04 Å². The summed E-state index contributed by atoms with van der Waals surface area (Å²) >= 11 is 0. The Hall–Kier alpha value is -1.81. The number of amides is 1. The molecule has 3 N–H and O–H groups in total. The lowest BCUT2D eigenvalue weighted by atomic mass is 10.1. The van der Waals surface area contributed by atoms with E-state index in [-0.39, 0.29) is 11.9 Å². The SMILES string of the molecule is O=C1NCCCC1NCc1cccc2[nH]ccc12. The molecule has 94 valence electrons. The van der Waals surface area contributed by atoms with Gasteiger partial charge in [-0.25, -0.2) is 0 Å². The molecule has 1 aromatic carbocycles. The summed E-state index contributed by atoms with van der Waals surface area (Å²) < 4.78 is 0.